The van der Waals surface area contributed by atoms with Crippen molar-refractivity contribution >= 4 is 5.97 Å². The third-order valence-corrected chi connectivity index (χ3v) is 5.04. The first-order valence-electron chi connectivity index (χ1n) is 7.83. The average molecular weight is 283 g/mol. The van der Waals surface area contributed by atoms with Crippen molar-refractivity contribution in [2.24, 2.45) is 0 Å². The number of carbonyl (C=O) groups excluding carboxylic acids is 1. The van der Waals surface area contributed by atoms with Crippen molar-refractivity contribution in [2.75, 3.05) is 46.9 Å². The van der Waals surface area contributed by atoms with Crippen LogP contribution in [-0.2, 0) is 9.53 Å². The van der Waals surface area contributed by atoms with E-state index in [4.69, 9.17) is 4.74 Å². The zero-order valence-corrected chi connectivity index (χ0v) is 13.2. The van der Waals surface area contributed by atoms with Gasteiger partial charge in [-0.1, -0.05) is 6.42 Å². The first-order chi connectivity index (χ1) is 9.59. The van der Waals surface area contributed by atoms with Crippen molar-refractivity contribution < 1.29 is 9.53 Å². The van der Waals surface area contributed by atoms with Crippen LogP contribution in [0.2, 0.25) is 0 Å². The van der Waals surface area contributed by atoms with Gasteiger partial charge in [0.15, 0.2) is 0 Å². The van der Waals surface area contributed by atoms with Gasteiger partial charge in [0.2, 0.25) is 0 Å². The van der Waals surface area contributed by atoms with E-state index in [-0.39, 0.29) is 5.97 Å². The topological polar surface area (TPSA) is 44.8 Å². The third kappa shape index (κ3) is 3.51. The van der Waals surface area contributed by atoms with Crippen molar-refractivity contribution in [1.29, 1.82) is 0 Å². The molecule has 0 aromatic heterocycles. The van der Waals surface area contributed by atoms with Crippen LogP contribution in [0.1, 0.15) is 32.6 Å². The third-order valence-electron chi connectivity index (χ3n) is 5.04. The van der Waals surface area contributed by atoms with Crippen molar-refractivity contribution in [3.8, 4) is 0 Å². The molecule has 2 heterocycles. The lowest BCUT2D eigenvalue weighted by atomic mass is 9.96. The lowest BCUT2D eigenvalue weighted by molar-refractivity contribution is -0.148. The predicted octanol–water partition coefficient (Wildman–Crippen LogP) is 0.698. The molecule has 5 nitrogen and oxygen atoms in total. The molecule has 2 fully saturated rings. The second kappa shape index (κ2) is 6.87. The summed E-state index contributed by atoms with van der Waals surface area (Å²) in [6, 6.07) is 0.733. The summed E-state index contributed by atoms with van der Waals surface area (Å²) in [4.78, 5) is 17.0. The van der Waals surface area contributed by atoms with Gasteiger partial charge in [0.1, 0.15) is 5.54 Å². The van der Waals surface area contributed by atoms with Crippen LogP contribution in [0.5, 0.6) is 0 Å². The minimum Gasteiger partial charge on any atom is -0.468 e. The summed E-state index contributed by atoms with van der Waals surface area (Å²) in [6.45, 7) is 7.61. The minimum absolute atomic E-state index is 0.170. The highest BCUT2D eigenvalue weighted by atomic mass is 16.5. The number of likely N-dealkylation sites (N-methyl/N-ethyl adjacent to an activating group) is 1. The molecule has 5 heteroatoms. The highest BCUT2D eigenvalue weighted by Gasteiger charge is 2.34. The van der Waals surface area contributed by atoms with Gasteiger partial charge in [-0.3, -0.25) is 9.69 Å². The normalized spacial score (nSPS) is 27.6. The van der Waals surface area contributed by atoms with Gasteiger partial charge >= 0.3 is 5.97 Å². The highest BCUT2D eigenvalue weighted by molar-refractivity contribution is 5.80. The molecule has 1 N–H and O–H groups in total. The van der Waals surface area contributed by atoms with Crippen LogP contribution in [0.15, 0.2) is 0 Å². The quantitative estimate of drug-likeness (QED) is 0.753. The fourth-order valence-corrected chi connectivity index (χ4v) is 3.36. The van der Waals surface area contributed by atoms with E-state index in [1.807, 2.05) is 14.0 Å². The van der Waals surface area contributed by atoms with Gasteiger partial charge in [-0.2, -0.15) is 0 Å². The Morgan fingerprint density at radius 1 is 1.35 bits per heavy atom. The van der Waals surface area contributed by atoms with E-state index in [2.05, 4.69) is 15.1 Å². The molecule has 2 unspecified atom stereocenters. The molecule has 20 heavy (non-hydrogen) atoms. The number of piperazine rings is 1. The Hall–Kier alpha value is -0.650. The Morgan fingerprint density at radius 2 is 2.15 bits per heavy atom. The van der Waals surface area contributed by atoms with Crippen LogP contribution in [0.3, 0.4) is 0 Å². The van der Waals surface area contributed by atoms with Gasteiger partial charge in [0.25, 0.3) is 0 Å². The van der Waals surface area contributed by atoms with Gasteiger partial charge in [-0.25, -0.2) is 0 Å². The van der Waals surface area contributed by atoms with Gasteiger partial charge in [0.05, 0.1) is 7.11 Å². The van der Waals surface area contributed by atoms with Crippen molar-refractivity contribution in [3.05, 3.63) is 0 Å². The highest BCUT2D eigenvalue weighted by Crippen LogP contribution is 2.22. The predicted molar refractivity (Wildman–Crippen MR) is 79.7 cm³/mol. The standard InChI is InChI=1S/C15H29N3O2/c1-15(16-2,14(19)20-3)7-9-17-10-11-18-8-5-4-6-13(18)12-17/h13,16H,4-12H2,1-3H3. The van der Waals surface area contributed by atoms with Crippen LogP contribution in [0.25, 0.3) is 0 Å². The largest absolute Gasteiger partial charge is 0.468 e. The second-order valence-corrected chi connectivity index (χ2v) is 6.31. The van der Waals surface area contributed by atoms with Crippen LogP contribution in [0.4, 0.5) is 0 Å². The molecule has 0 spiro atoms. The summed E-state index contributed by atoms with van der Waals surface area (Å²) in [6.07, 6.45) is 4.85. The molecule has 2 aliphatic rings. The van der Waals surface area contributed by atoms with E-state index >= 15 is 0 Å². The number of piperidine rings is 1. The molecule has 0 saturated carbocycles. The van der Waals surface area contributed by atoms with Crippen molar-refractivity contribution in [3.63, 3.8) is 0 Å². The molecule has 0 aromatic carbocycles. The zero-order valence-electron chi connectivity index (χ0n) is 13.2. The van der Waals surface area contributed by atoms with Crippen molar-refractivity contribution in [1.82, 2.24) is 15.1 Å². The number of fused-ring (bicyclic) bond motifs is 1. The number of nitrogens with zero attached hydrogens (tertiary/aromatic N) is 2. The first-order valence-corrected chi connectivity index (χ1v) is 7.83. The van der Waals surface area contributed by atoms with E-state index < -0.39 is 5.54 Å². The number of nitrogens with one attached hydrogen (secondary N) is 1. The number of hydrogen-bond acceptors (Lipinski definition) is 5. The zero-order chi connectivity index (χ0) is 14.6. The second-order valence-electron chi connectivity index (χ2n) is 6.31. The van der Waals surface area contributed by atoms with E-state index in [0.717, 1.165) is 32.1 Å². The number of ether oxygens (including phenoxy) is 1. The monoisotopic (exact) mass is 283 g/mol. The molecule has 2 saturated heterocycles. The molecule has 116 valence electrons. The SMILES string of the molecule is CNC(C)(CCN1CCN2CCCCC2C1)C(=O)OC. The Labute approximate surface area is 122 Å². The molecular weight excluding hydrogens is 254 g/mol. The summed E-state index contributed by atoms with van der Waals surface area (Å²) < 4.78 is 4.90. The molecule has 0 amide bonds. The summed E-state index contributed by atoms with van der Waals surface area (Å²) in [5.41, 5.74) is -0.571. The average Bonchev–Trinajstić information content (AvgIpc) is 2.51. The van der Waals surface area contributed by atoms with Gasteiger partial charge in [-0.05, 0) is 39.8 Å². The smallest absolute Gasteiger partial charge is 0.325 e. The van der Waals surface area contributed by atoms with Crippen LogP contribution >= 0.6 is 0 Å². The first kappa shape index (κ1) is 15.7. The molecule has 2 rings (SSSR count). The van der Waals surface area contributed by atoms with E-state index in [1.54, 1.807) is 0 Å². The maximum Gasteiger partial charge on any atom is 0.325 e. The Balaban J connectivity index is 1.83. The van der Waals surface area contributed by atoms with E-state index in [0.29, 0.717) is 0 Å². The lowest BCUT2D eigenvalue weighted by Crippen LogP contribution is -2.56. The Bertz CT molecular complexity index is 337. The molecule has 2 atom stereocenters. The van der Waals surface area contributed by atoms with Crippen molar-refractivity contribution in [2.45, 2.75) is 44.2 Å². The molecule has 0 aromatic rings. The summed E-state index contributed by atoms with van der Waals surface area (Å²) in [7, 11) is 3.29. The fourth-order valence-electron chi connectivity index (χ4n) is 3.36. The fraction of sp³-hybridized carbons (Fsp3) is 0.933. The number of methoxy groups -OCH3 is 1. The van der Waals surface area contributed by atoms with Crippen LogP contribution in [-0.4, -0.2) is 74.2 Å². The van der Waals surface area contributed by atoms with Gasteiger partial charge < -0.3 is 15.0 Å². The summed E-state index contributed by atoms with van der Waals surface area (Å²) in [5, 5.41) is 3.11. The maximum atomic E-state index is 11.9. The van der Waals surface area contributed by atoms with E-state index in [9.17, 15) is 4.79 Å². The number of rotatable bonds is 5. The van der Waals surface area contributed by atoms with Crippen LogP contribution in [0, 0.1) is 0 Å². The Kier molecular flexibility index (Phi) is 5.41. The molecule has 2 aliphatic heterocycles. The lowest BCUT2D eigenvalue weighted by Gasteiger charge is -2.44. The molecule has 0 aliphatic carbocycles. The van der Waals surface area contributed by atoms with Gasteiger partial charge in [0, 0.05) is 32.2 Å². The van der Waals surface area contributed by atoms with Crippen LogP contribution < -0.4 is 5.32 Å². The van der Waals surface area contributed by atoms with E-state index in [1.165, 1.54) is 39.5 Å². The minimum atomic E-state index is -0.571. The number of carbonyl (C=O) groups is 1. The molecule has 0 bridgehead atoms. The Morgan fingerprint density at radius 3 is 2.85 bits per heavy atom. The summed E-state index contributed by atoms with van der Waals surface area (Å²) >= 11 is 0. The molecular formula is C15H29N3O2. The number of esters is 1. The summed E-state index contributed by atoms with van der Waals surface area (Å²) in [5.74, 6) is -0.170. The number of hydrogen-bond donors (Lipinski definition) is 1. The molecule has 0 radical (unpaired) electrons. The van der Waals surface area contributed by atoms with Gasteiger partial charge in [-0.15, -0.1) is 0 Å². The maximum absolute atomic E-state index is 11.9.